The molecule has 2 rings (SSSR count). The van der Waals surface area contributed by atoms with Gasteiger partial charge in [0, 0.05) is 23.0 Å². The molecule has 1 aliphatic heterocycles. The fraction of sp³-hybridized carbons (Fsp3) is 0.500. The van der Waals surface area contributed by atoms with Gasteiger partial charge in [-0.2, -0.15) is 0 Å². The number of carbonyl (C=O) groups is 2. The topological polar surface area (TPSA) is 43.4 Å². The zero-order valence-corrected chi connectivity index (χ0v) is 12.6. The molecule has 3 nitrogen and oxygen atoms in total. The molecule has 1 aromatic rings. The van der Waals surface area contributed by atoms with E-state index in [4.69, 9.17) is 4.74 Å². The van der Waals surface area contributed by atoms with Crippen molar-refractivity contribution in [2.45, 2.75) is 49.2 Å². The Morgan fingerprint density at radius 3 is 2.80 bits per heavy atom. The maximum absolute atomic E-state index is 11.8. The highest BCUT2D eigenvalue weighted by atomic mass is 32.2. The first-order valence-corrected chi connectivity index (χ1v) is 7.99. The van der Waals surface area contributed by atoms with Crippen LogP contribution in [0.5, 0.6) is 0 Å². The molecule has 1 aromatic carbocycles. The Labute approximate surface area is 124 Å². The van der Waals surface area contributed by atoms with Gasteiger partial charge in [-0.05, 0) is 31.4 Å². The highest BCUT2D eigenvalue weighted by Crippen LogP contribution is 2.38. The Morgan fingerprint density at radius 2 is 2.05 bits per heavy atom. The van der Waals surface area contributed by atoms with Crippen molar-refractivity contribution < 1.29 is 14.3 Å². The molecule has 0 saturated carbocycles. The summed E-state index contributed by atoms with van der Waals surface area (Å²) in [6.45, 7) is 2.15. The zero-order valence-electron chi connectivity index (χ0n) is 11.8. The summed E-state index contributed by atoms with van der Waals surface area (Å²) in [5.74, 6) is -0.113. The highest BCUT2D eigenvalue weighted by molar-refractivity contribution is 8.00. The molecule has 0 spiro atoms. The quantitative estimate of drug-likeness (QED) is 0.722. The second-order valence-corrected chi connectivity index (χ2v) is 6.28. The average Bonchev–Trinajstić information content (AvgIpc) is 2.86. The van der Waals surface area contributed by atoms with Crippen LogP contribution in [0.15, 0.2) is 29.2 Å². The third-order valence-electron chi connectivity index (χ3n) is 3.37. The summed E-state index contributed by atoms with van der Waals surface area (Å²) >= 11 is 1.87. The Bertz CT molecular complexity index is 459. The van der Waals surface area contributed by atoms with E-state index in [2.05, 4.69) is 24.3 Å². The van der Waals surface area contributed by atoms with E-state index in [0.29, 0.717) is 24.7 Å². The van der Waals surface area contributed by atoms with Crippen molar-refractivity contribution in [3.05, 3.63) is 29.8 Å². The van der Waals surface area contributed by atoms with Crippen molar-refractivity contribution in [3.8, 4) is 0 Å². The summed E-state index contributed by atoms with van der Waals surface area (Å²) in [6.07, 6.45) is 3.02. The molecule has 0 amide bonds. The van der Waals surface area contributed by atoms with Gasteiger partial charge in [0.05, 0.1) is 13.0 Å². The number of rotatable bonds is 7. The van der Waals surface area contributed by atoms with E-state index in [-0.39, 0.29) is 18.2 Å². The van der Waals surface area contributed by atoms with E-state index in [1.807, 2.05) is 11.8 Å². The van der Waals surface area contributed by atoms with E-state index >= 15 is 0 Å². The zero-order chi connectivity index (χ0) is 14.4. The van der Waals surface area contributed by atoms with E-state index in [1.165, 1.54) is 10.5 Å². The van der Waals surface area contributed by atoms with Crippen molar-refractivity contribution >= 4 is 23.5 Å². The van der Waals surface area contributed by atoms with Gasteiger partial charge in [0.25, 0.3) is 0 Å². The van der Waals surface area contributed by atoms with Crippen molar-refractivity contribution in [2.24, 2.45) is 0 Å². The maximum Gasteiger partial charge on any atom is 0.306 e. The minimum Gasteiger partial charge on any atom is -0.466 e. The summed E-state index contributed by atoms with van der Waals surface area (Å²) in [6, 6.07) is 8.42. The number of esters is 1. The van der Waals surface area contributed by atoms with Gasteiger partial charge in [-0.3, -0.25) is 9.59 Å². The van der Waals surface area contributed by atoms with E-state index in [0.717, 1.165) is 12.8 Å². The van der Waals surface area contributed by atoms with E-state index < -0.39 is 0 Å². The standard InChI is InChI=1S/C16H20O3S/c1-2-19-16(18)10-8-13(17)7-9-14-11-12-5-3-4-6-15(12)20-14/h3-6,14H,2,7-11H2,1H3. The van der Waals surface area contributed by atoms with Gasteiger partial charge in [0.15, 0.2) is 0 Å². The van der Waals surface area contributed by atoms with Gasteiger partial charge in [0.2, 0.25) is 0 Å². The summed E-state index contributed by atoms with van der Waals surface area (Å²) < 4.78 is 4.82. The van der Waals surface area contributed by atoms with Crippen molar-refractivity contribution in [2.75, 3.05) is 6.61 Å². The number of thioether (sulfide) groups is 1. The maximum atomic E-state index is 11.8. The van der Waals surface area contributed by atoms with Crippen LogP contribution in [0, 0.1) is 0 Å². The monoisotopic (exact) mass is 292 g/mol. The van der Waals surface area contributed by atoms with E-state index in [9.17, 15) is 9.59 Å². The molecule has 20 heavy (non-hydrogen) atoms. The normalized spacial score (nSPS) is 16.8. The van der Waals surface area contributed by atoms with Crippen molar-refractivity contribution in [3.63, 3.8) is 0 Å². The largest absolute Gasteiger partial charge is 0.466 e. The fourth-order valence-corrected chi connectivity index (χ4v) is 3.65. The lowest BCUT2D eigenvalue weighted by molar-refractivity contribution is -0.144. The van der Waals surface area contributed by atoms with Crippen LogP contribution in [0.1, 0.15) is 38.2 Å². The summed E-state index contributed by atoms with van der Waals surface area (Å²) in [7, 11) is 0. The summed E-state index contributed by atoms with van der Waals surface area (Å²) in [5.41, 5.74) is 1.39. The molecule has 1 heterocycles. The number of carbonyl (C=O) groups excluding carboxylic acids is 2. The lowest BCUT2D eigenvalue weighted by Gasteiger charge is -2.07. The molecule has 0 aromatic heterocycles. The van der Waals surface area contributed by atoms with Crippen LogP contribution in [-0.2, 0) is 20.7 Å². The molecule has 0 fully saturated rings. The molecule has 1 atom stereocenters. The Morgan fingerprint density at radius 1 is 1.25 bits per heavy atom. The molecule has 0 bridgehead atoms. The minimum atomic E-state index is -0.275. The SMILES string of the molecule is CCOC(=O)CCC(=O)CCC1Cc2ccccc2S1. The van der Waals surface area contributed by atoms with Crippen LogP contribution in [-0.4, -0.2) is 23.6 Å². The lowest BCUT2D eigenvalue weighted by atomic mass is 10.0. The van der Waals surface area contributed by atoms with E-state index in [1.54, 1.807) is 6.92 Å². The average molecular weight is 292 g/mol. The number of benzene rings is 1. The first-order chi connectivity index (χ1) is 9.69. The number of hydrogen-bond acceptors (Lipinski definition) is 4. The smallest absolute Gasteiger partial charge is 0.306 e. The van der Waals surface area contributed by atoms with Gasteiger partial charge >= 0.3 is 5.97 Å². The Balaban J connectivity index is 1.67. The fourth-order valence-electron chi connectivity index (χ4n) is 2.34. The molecular weight excluding hydrogens is 272 g/mol. The van der Waals surface area contributed by atoms with Crippen LogP contribution >= 0.6 is 11.8 Å². The summed E-state index contributed by atoms with van der Waals surface area (Å²) in [5, 5.41) is 0.499. The molecule has 1 aliphatic rings. The number of Topliss-reactive ketones (excluding diaryl/α,β-unsaturated/α-hetero) is 1. The number of ketones is 1. The predicted molar refractivity (Wildman–Crippen MR) is 79.9 cm³/mol. The van der Waals surface area contributed by atoms with Crippen molar-refractivity contribution in [1.82, 2.24) is 0 Å². The first kappa shape index (κ1) is 15.1. The van der Waals surface area contributed by atoms with Crippen LogP contribution in [0.2, 0.25) is 0 Å². The second kappa shape index (κ2) is 7.48. The molecular formula is C16H20O3S. The second-order valence-electron chi connectivity index (χ2n) is 4.93. The first-order valence-electron chi connectivity index (χ1n) is 7.11. The molecule has 0 radical (unpaired) electrons. The number of hydrogen-bond donors (Lipinski definition) is 0. The lowest BCUT2D eigenvalue weighted by Crippen LogP contribution is -2.10. The van der Waals surface area contributed by atoms with Gasteiger partial charge in [0.1, 0.15) is 5.78 Å². The third-order valence-corrected chi connectivity index (χ3v) is 4.76. The minimum absolute atomic E-state index is 0.162. The van der Waals surface area contributed by atoms with Gasteiger partial charge in [-0.15, -0.1) is 11.8 Å². The number of fused-ring (bicyclic) bond motifs is 1. The highest BCUT2D eigenvalue weighted by Gasteiger charge is 2.22. The Kier molecular flexibility index (Phi) is 5.65. The molecule has 108 valence electrons. The predicted octanol–water partition coefficient (Wildman–Crippen LogP) is 3.40. The Hall–Kier alpha value is -1.29. The van der Waals surface area contributed by atoms with Gasteiger partial charge < -0.3 is 4.74 Å². The third kappa shape index (κ3) is 4.37. The molecule has 0 N–H and O–H groups in total. The van der Waals surface area contributed by atoms with Crippen LogP contribution in [0.4, 0.5) is 0 Å². The van der Waals surface area contributed by atoms with Crippen molar-refractivity contribution in [1.29, 1.82) is 0 Å². The molecule has 0 saturated heterocycles. The molecule has 0 aliphatic carbocycles. The number of ether oxygens (including phenoxy) is 1. The molecule has 1 unspecified atom stereocenters. The van der Waals surface area contributed by atoms with Crippen LogP contribution < -0.4 is 0 Å². The molecule has 4 heteroatoms. The van der Waals surface area contributed by atoms with Crippen LogP contribution in [0.25, 0.3) is 0 Å². The van der Waals surface area contributed by atoms with Crippen LogP contribution in [0.3, 0.4) is 0 Å². The van der Waals surface area contributed by atoms with Gasteiger partial charge in [-0.25, -0.2) is 0 Å². The van der Waals surface area contributed by atoms with Gasteiger partial charge in [-0.1, -0.05) is 18.2 Å². The summed E-state index contributed by atoms with van der Waals surface area (Å²) in [4.78, 5) is 24.3.